The monoisotopic (exact) mass is 258 g/mol. The number of imidazole rings is 1. The number of aromatic amines is 1. The van der Waals surface area contributed by atoms with Crippen LogP contribution in [0.3, 0.4) is 0 Å². The first-order chi connectivity index (χ1) is 9.15. The molecule has 2 aromatic rings. The van der Waals surface area contributed by atoms with E-state index < -0.39 is 0 Å². The molecule has 1 fully saturated rings. The van der Waals surface area contributed by atoms with E-state index >= 15 is 0 Å². The Balaban J connectivity index is 1.66. The second-order valence-electron chi connectivity index (χ2n) is 6.17. The van der Waals surface area contributed by atoms with Crippen LogP contribution in [0.25, 0.3) is 11.0 Å². The topological polar surface area (TPSA) is 52.7 Å². The summed E-state index contributed by atoms with van der Waals surface area (Å²) in [4.78, 5) is 7.45. The van der Waals surface area contributed by atoms with Gasteiger partial charge in [0.25, 0.3) is 0 Å². The Morgan fingerprint density at radius 2 is 2.21 bits per heavy atom. The predicted molar refractivity (Wildman–Crippen MR) is 78.3 cm³/mol. The molecule has 2 heterocycles. The molecule has 0 spiro atoms. The smallest absolute Gasteiger partial charge is 0.0931 e. The summed E-state index contributed by atoms with van der Waals surface area (Å²) in [7, 11) is 0. The van der Waals surface area contributed by atoms with Crippen LogP contribution >= 0.6 is 0 Å². The lowest BCUT2D eigenvalue weighted by Gasteiger charge is -2.30. The maximum Gasteiger partial charge on any atom is 0.0931 e. The quantitative estimate of drug-likeness (QED) is 0.764. The molecule has 3 rings (SSSR count). The van der Waals surface area contributed by atoms with E-state index in [0.29, 0.717) is 0 Å². The van der Waals surface area contributed by atoms with Gasteiger partial charge in [-0.1, -0.05) is 19.9 Å². The second kappa shape index (κ2) is 4.94. The Kier molecular flexibility index (Phi) is 3.29. The highest BCUT2D eigenvalue weighted by Crippen LogP contribution is 2.25. The van der Waals surface area contributed by atoms with Crippen LogP contribution in [0.2, 0.25) is 0 Å². The summed E-state index contributed by atoms with van der Waals surface area (Å²) in [6, 6.07) is 6.50. The summed E-state index contributed by atoms with van der Waals surface area (Å²) in [5.41, 5.74) is 3.64. The number of fused-ring (bicyclic) bond motifs is 1. The molecule has 0 aliphatic carbocycles. The van der Waals surface area contributed by atoms with Crippen molar-refractivity contribution in [3.05, 3.63) is 30.1 Å². The molecular formula is C15H22N4. The summed E-state index contributed by atoms with van der Waals surface area (Å²) in [6.45, 7) is 9.01. The number of hydrogen-bond acceptors (Lipinski definition) is 3. The van der Waals surface area contributed by atoms with Crippen molar-refractivity contribution in [3.8, 4) is 0 Å². The molecule has 4 nitrogen and oxygen atoms in total. The molecule has 1 saturated heterocycles. The highest BCUT2D eigenvalue weighted by Gasteiger charge is 2.22. The van der Waals surface area contributed by atoms with Crippen LogP contribution in [0, 0.1) is 5.92 Å². The first-order valence-electron chi connectivity index (χ1n) is 7.00. The van der Waals surface area contributed by atoms with Crippen molar-refractivity contribution < 1.29 is 0 Å². The van der Waals surface area contributed by atoms with E-state index in [4.69, 9.17) is 0 Å². The van der Waals surface area contributed by atoms with Crippen molar-refractivity contribution in [2.75, 3.05) is 26.2 Å². The highest BCUT2D eigenvalue weighted by molar-refractivity contribution is 5.75. The van der Waals surface area contributed by atoms with Crippen LogP contribution < -0.4 is 10.6 Å². The fraction of sp³-hybridized carbons (Fsp3) is 0.533. The first kappa shape index (κ1) is 12.6. The number of H-pyrrole nitrogens is 1. The molecule has 1 aliphatic rings. The molecule has 1 aromatic heterocycles. The number of benzene rings is 1. The summed E-state index contributed by atoms with van der Waals surface area (Å²) in [6.07, 6.45) is 1.75. The molecule has 1 aliphatic heterocycles. The number of rotatable bonds is 5. The van der Waals surface area contributed by atoms with Gasteiger partial charge in [0.05, 0.1) is 17.4 Å². The normalized spacial score (nSPS) is 16.7. The van der Waals surface area contributed by atoms with Gasteiger partial charge >= 0.3 is 0 Å². The summed E-state index contributed by atoms with van der Waals surface area (Å²) >= 11 is 0. The van der Waals surface area contributed by atoms with E-state index in [2.05, 4.69) is 52.6 Å². The summed E-state index contributed by atoms with van der Waals surface area (Å²) in [5.74, 6) is 0.811. The molecule has 4 heteroatoms. The molecule has 0 amide bonds. The van der Waals surface area contributed by atoms with Crippen LogP contribution in [-0.4, -0.2) is 36.1 Å². The van der Waals surface area contributed by atoms with E-state index in [1.165, 1.54) is 5.56 Å². The van der Waals surface area contributed by atoms with Crippen LogP contribution in [-0.2, 0) is 5.41 Å². The zero-order valence-electron chi connectivity index (χ0n) is 11.7. The maximum atomic E-state index is 4.27. The first-order valence-corrected chi connectivity index (χ1v) is 7.00. The molecular weight excluding hydrogens is 236 g/mol. The SMILES string of the molecule is CC(C)(CNCC1CNC1)c1ccc2nc[nH]c2c1. The summed E-state index contributed by atoms with van der Waals surface area (Å²) in [5, 5.41) is 6.91. The third-order valence-electron chi connectivity index (χ3n) is 4.07. The van der Waals surface area contributed by atoms with Gasteiger partial charge in [0, 0.05) is 31.6 Å². The molecule has 0 radical (unpaired) electrons. The lowest BCUT2D eigenvalue weighted by molar-refractivity contribution is 0.319. The third kappa shape index (κ3) is 2.65. The van der Waals surface area contributed by atoms with E-state index in [1.54, 1.807) is 6.33 Å². The fourth-order valence-corrected chi connectivity index (χ4v) is 2.54. The second-order valence-corrected chi connectivity index (χ2v) is 6.17. The summed E-state index contributed by atoms with van der Waals surface area (Å²) < 4.78 is 0. The number of nitrogens with one attached hydrogen (secondary N) is 3. The number of hydrogen-bond donors (Lipinski definition) is 3. The van der Waals surface area contributed by atoms with Gasteiger partial charge < -0.3 is 15.6 Å². The highest BCUT2D eigenvalue weighted by atomic mass is 15.0. The Morgan fingerprint density at radius 1 is 1.37 bits per heavy atom. The molecule has 19 heavy (non-hydrogen) atoms. The standard InChI is InChI=1S/C15H22N4/c1-15(2,9-17-8-11-6-16-7-11)12-3-4-13-14(5-12)19-10-18-13/h3-5,10-11,16-17H,6-9H2,1-2H3,(H,18,19). The molecule has 1 aromatic carbocycles. The molecule has 0 unspecified atom stereocenters. The van der Waals surface area contributed by atoms with Gasteiger partial charge in [-0.3, -0.25) is 0 Å². The van der Waals surface area contributed by atoms with Gasteiger partial charge in [-0.25, -0.2) is 4.98 Å². The van der Waals surface area contributed by atoms with Crippen molar-refractivity contribution in [2.45, 2.75) is 19.3 Å². The molecule has 0 bridgehead atoms. The van der Waals surface area contributed by atoms with Crippen LogP contribution in [0.1, 0.15) is 19.4 Å². The Bertz CT molecular complexity index is 554. The van der Waals surface area contributed by atoms with Gasteiger partial charge in [0.1, 0.15) is 0 Å². The largest absolute Gasteiger partial charge is 0.345 e. The third-order valence-corrected chi connectivity index (χ3v) is 4.07. The minimum atomic E-state index is 0.135. The van der Waals surface area contributed by atoms with Gasteiger partial charge in [-0.05, 0) is 23.6 Å². The van der Waals surface area contributed by atoms with Gasteiger partial charge in [0.15, 0.2) is 0 Å². The van der Waals surface area contributed by atoms with Crippen molar-refractivity contribution in [2.24, 2.45) is 5.92 Å². The number of aromatic nitrogens is 2. The maximum absolute atomic E-state index is 4.27. The average Bonchev–Trinajstić information content (AvgIpc) is 2.79. The minimum Gasteiger partial charge on any atom is -0.345 e. The van der Waals surface area contributed by atoms with Crippen LogP contribution in [0.5, 0.6) is 0 Å². The zero-order valence-corrected chi connectivity index (χ0v) is 11.7. The van der Waals surface area contributed by atoms with Crippen molar-refractivity contribution in [3.63, 3.8) is 0 Å². The lowest BCUT2D eigenvalue weighted by atomic mass is 9.84. The molecule has 3 N–H and O–H groups in total. The lowest BCUT2D eigenvalue weighted by Crippen LogP contribution is -2.48. The Morgan fingerprint density at radius 3 is 2.95 bits per heavy atom. The molecule has 0 atom stereocenters. The van der Waals surface area contributed by atoms with Gasteiger partial charge in [-0.15, -0.1) is 0 Å². The van der Waals surface area contributed by atoms with Crippen molar-refractivity contribution in [1.29, 1.82) is 0 Å². The molecule has 0 saturated carbocycles. The van der Waals surface area contributed by atoms with Gasteiger partial charge in [0.2, 0.25) is 0 Å². The van der Waals surface area contributed by atoms with Crippen molar-refractivity contribution >= 4 is 11.0 Å². The minimum absolute atomic E-state index is 0.135. The Labute approximate surface area is 114 Å². The van der Waals surface area contributed by atoms with Crippen LogP contribution in [0.4, 0.5) is 0 Å². The Hall–Kier alpha value is -1.39. The van der Waals surface area contributed by atoms with Crippen LogP contribution in [0.15, 0.2) is 24.5 Å². The van der Waals surface area contributed by atoms with Crippen molar-refractivity contribution in [1.82, 2.24) is 20.6 Å². The van der Waals surface area contributed by atoms with E-state index in [1.807, 2.05) is 0 Å². The fourth-order valence-electron chi connectivity index (χ4n) is 2.54. The number of nitrogens with zero attached hydrogens (tertiary/aromatic N) is 1. The predicted octanol–water partition coefficient (Wildman–Crippen LogP) is 1.65. The van der Waals surface area contributed by atoms with E-state index in [9.17, 15) is 0 Å². The van der Waals surface area contributed by atoms with E-state index in [-0.39, 0.29) is 5.41 Å². The molecule has 102 valence electrons. The van der Waals surface area contributed by atoms with Gasteiger partial charge in [-0.2, -0.15) is 0 Å². The average molecular weight is 258 g/mol. The van der Waals surface area contributed by atoms with E-state index in [0.717, 1.165) is 43.1 Å². The zero-order chi connectivity index (χ0) is 13.3.